The van der Waals surface area contributed by atoms with Gasteiger partial charge < -0.3 is 5.32 Å². The zero-order chi connectivity index (χ0) is 18.0. The first-order valence-electron chi connectivity index (χ1n) is 7.37. The van der Waals surface area contributed by atoms with Gasteiger partial charge in [0.15, 0.2) is 0 Å². The maximum atomic E-state index is 12.3. The zero-order valence-electron chi connectivity index (χ0n) is 13.8. The van der Waals surface area contributed by atoms with Crippen LogP contribution in [-0.2, 0) is 9.84 Å². The lowest BCUT2D eigenvalue weighted by Gasteiger charge is -2.25. The monoisotopic (exact) mass is 413 g/mol. The first-order chi connectivity index (χ1) is 11.1. The third-order valence-corrected chi connectivity index (χ3v) is 4.99. The molecule has 0 atom stereocenters. The van der Waals surface area contributed by atoms with Gasteiger partial charge in [0.1, 0.15) is 15.5 Å². The molecule has 1 aromatic carbocycles. The van der Waals surface area contributed by atoms with E-state index in [9.17, 15) is 13.2 Å². The minimum Gasteiger partial charge on any atom is -0.346 e. The van der Waals surface area contributed by atoms with Gasteiger partial charge in [-0.2, -0.15) is 5.10 Å². The molecule has 0 aliphatic heterocycles. The van der Waals surface area contributed by atoms with Gasteiger partial charge in [0.25, 0.3) is 5.91 Å². The number of rotatable bonds is 6. The molecule has 130 valence electrons. The normalized spacial score (nSPS) is 12.2. The average Bonchev–Trinajstić information content (AvgIpc) is 2.95. The van der Waals surface area contributed by atoms with Gasteiger partial charge in [-0.3, -0.25) is 9.89 Å². The minimum absolute atomic E-state index is 0.0212. The number of sulfone groups is 1. The van der Waals surface area contributed by atoms with Gasteiger partial charge in [0.05, 0.1) is 11.4 Å². The van der Waals surface area contributed by atoms with Gasteiger partial charge in [0.2, 0.25) is 0 Å². The zero-order valence-corrected chi connectivity index (χ0v) is 16.2. The second-order valence-electron chi connectivity index (χ2n) is 6.39. The molecule has 2 rings (SSSR count). The van der Waals surface area contributed by atoms with E-state index in [4.69, 9.17) is 0 Å². The largest absolute Gasteiger partial charge is 0.346 e. The number of aromatic nitrogens is 2. The van der Waals surface area contributed by atoms with Crippen molar-refractivity contribution in [3.63, 3.8) is 0 Å². The minimum atomic E-state index is -3.07. The van der Waals surface area contributed by atoms with Crippen molar-refractivity contribution in [1.82, 2.24) is 15.5 Å². The predicted molar refractivity (Wildman–Crippen MR) is 97.6 cm³/mol. The summed E-state index contributed by atoms with van der Waals surface area (Å²) in [6.07, 6.45) is 1.52. The lowest BCUT2D eigenvalue weighted by molar-refractivity contribution is 0.0906. The Morgan fingerprint density at radius 1 is 1.29 bits per heavy atom. The van der Waals surface area contributed by atoms with Crippen molar-refractivity contribution in [2.24, 2.45) is 0 Å². The van der Waals surface area contributed by atoms with E-state index in [1.165, 1.54) is 6.26 Å². The van der Waals surface area contributed by atoms with Crippen molar-refractivity contribution >= 4 is 31.7 Å². The second kappa shape index (κ2) is 7.06. The molecule has 6 nitrogen and oxygen atoms in total. The summed E-state index contributed by atoms with van der Waals surface area (Å²) >= 11 is 3.37. The molecule has 1 aromatic heterocycles. The highest BCUT2D eigenvalue weighted by Gasteiger charge is 2.24. The van der Waals surface area contributed by atoms with E-state index in [0.29, 0.717) is 17.8 Å². The maximum Gasteiger partial charge on any atom is 0.269 e. The predicted octanol–water partition coefficient (Wildman–Crippen LogP) is 2.78. The molecule has 0 aliphatic carbocycles. The Hall–Kier alpha value is -1.67. The number of benzene rings is 1. The number of hydrogen-bond donors (Lipinski definition) is 2. The van der Waals surface area contributed by atoms with E-state index in [1.54, 1.807) is 19.9 Å². The summed E-state index contributed by atoms with van der Waals surface area (Å²) in [5.74, 6) is -0.294. The van der Waals surface area contributed by atoms with E-state index in [1.807, 2.05) is 24.3 Å². The molecule has 8 heteroatoms. The number of nitrogens with zero attached hydrogens (tertiary/aromatic N) is 1. The number of amides is 1. The van der Waals surface area contributed by atoms with Crippen LogP contribution in [0.4, 0.5) is 0 Å². The summed E-state index contributed by atoms with van der Waals surface area (Å²) in [7, 11) is -3.07. The van der Waals surface area contributed by atoms with E-state index < -0.39 is 15.4 Å². The summed E-state index contributed by atoms with van der Waals surface area (Å²) < 4.78 is 23.5. The average molecular weight is 414 g/mol. The van der Waals surface area contributed by atoms with Crippen LogP contribution in [0.1, 0.15) is 30.8 Å². The van der Waals surface area contributed by atoms with Crippen LogP contribution in [0.5, 0.6) is 0 Å². The number of carbonyl (C=O) groups is 1. The van der Waals surface area contributed by atoms with E-state index in [2.05, 4.69) is 31.4 Å². The second-order valence-corrected chi connectivity index (χ2v) is 9.57. The molecule has 2 aromatic rings. The molecule has 0 unspecified atom stereocenters. The summed E-state index contributed by atoms with van der Waals surface area (Å²) in [6, 6.07) is 9.28. The number of hydrogen-bond acceptors (Lipinski definition) is 4. The van der Waals surface area contributed by atoms with Crippen molar-refractivity contribution in [2.45, 2.75) is 25.8 Å². The lowest BCUT2D eigenvalue weighted by Crippen LogP contribution is -2.44. The highest BCUT2D eigenvalue weighted by molar-refractivity contribution is 9.10. The standard InChI is InChI=1S/C16H20BrN3O3S/c1-16(2,8-9-24(3,22)23)18-15(21)14-10-13(19-20-14)11-4-6-12(17)7-5-11/h4-7,10H,8-9H2,1-3H3,(H,18,21)(H,19,20). The summed E-state index contributed by atoms with van der Waals surface area (Å²) in [4.78, 5) is 12.3. The van der Waals surface area contributed by atoms with Crippen LogP contribution in [0.25, 0.3) is 11.3 Å². The molecule has 0 aliphatic rings. The lowest BCUT2D eigenvalue weighted by atomic mass is 10.0. The molecule has 0 bridgehead atoms. The molecule has 2 N–H and O–H groups in total. The summed E-state index contributed by atoms with van der Waals surface area (Å²) in [5, 5.41) is 9.71. The molecular weight excluding hydrogens is 394 g/mol. The van der Waals surface area contributed by atoms with Gasteiger partial charge in [-0.05, 0) is 38.5 Å². The van der Waals surface area contributed by atoms with Crippen LogP contribution in [0.3, 0.4) is 0 Å². The molecule has 0 spiro atoms. The topological polar surface area (TPSA) is 91.9 Å². The molecule has 0 fully saturated rings. The van der Waals surface area contributed by atoms with Gasteiger partial charge >= 0.3 is 0 Å². The fourth-order valence-electron chi connectivity index (χ4n) is 2.08. The number of nitrogens with one attached hydrogen (secondary N) is 2. The Morgan fingerprint density at radius 2 is 1.92 bits per heavy atom. The highest BCUT2D eigenvalue weighted by atomic mass is 79.9. The third-order valence-electron chi connectivity index (χ3n) is 3.51. The smallest absolute Gasteiger partial charge is 0.269 e. The Morgan fingerprint density at radius 3 is 2.50 bits per heavy atom. The molecule has 0 radical (unpaired) electrons. The molecule has 0 saturated carbocycles. The molecule has 1 amide bonds. The number of halogens is 1. The summed E-state index contributed by atoms with van der Waals surface area (Å²) in [6.45, 7) is 3.59. The fourth-order valence-corrected chi connectivity index (χ4v) is 3.23. The quantitative estimate of drug-likeness (QED) is 0.761. The molecular formula is C16H20BrN3O3S. The fraction of sp³-hybridized carbons (Fsp3) is 0.375. The maximum absolute atomic E-state index is 12.3. The van der Waals surface area contributed by atoms with Crippen LogP contribution in [0, 0.1) is 0 Å². The van der Waals surface area contributed by atoms with Crippen LogP contribution in [-0.4, -0.2) is 42.1 Å². The van der Waals surface area contributed by atoms with Crippen LogP contribution in [0.15, 0.2) is 34.8 Å². The van der Waals surface area contributed by atoms with E-state index in [0.717, 1.165) is 10.0 Å². The molecule has 1 heterocycles. The van der Waals surface area contributed by atoms with E-state index in [-0.39, 0.29) is 11.7 Å². The van der Waals surface area contributed by atoms with Crippen LogP contribution in [0.2, 0.25) is 0 Å². The molecule has 0 saturated heterocycles. The van der Waals surface area contributed by atoms with Crippen LogP contribution < -0.4 is 5.32 Å². The van der Waals surface area contributed by atoms with Gasteiger partial charge in [-0.25, -0.2) is 8.42 Å². The first-order valence-corrected chi connectivity index (χ1v) is 10.2. The van der Waals surface area contributed by atoms with Gasteiger partial charge in [-0.15, -0.1) is 0 Å². The number of H-pyrrole nitrogens is 1. The Kier molecular flexibility index (Phi) is 5.49. The molecule has 24 heavy (non-hydrogen) atoms. The Balaban J connectivity index is 2.06. The first kappa shape index (κ1) is 18.7. The van der Waals surface area contributed by atoms with Crippen molar-refractivity contribution in [3.05, 3.63) is 40.5 Å². The van der Waals surface area contributed by atoms with Crippen molar-refractivity contribution in [1.29, 1.82) is 0 Å². The van der Waals surface area contributed by atoms with Crippen molar-refractivity contribution in [3.8, 4) is 11.3 Å². The Labute approximate surface area is 150 Å². The van der Waals surface area contributed by atoms with Crippen LogP contribution >= 0.6 is 15.9 Å². The third kappa shape index (κ3) is 5.45. The summed E-state index contributed by atoms with van der Waals surface area (Å²) in [5.41, 5.74) is 1.26. The number of aromatic amines is 1. The number of carbonyl (C=O) groups excluding carboxylic acids is 1. The SMILES string of the molecule is CC(C)(CCS(C)(=O)=O)NC(=O)c1cc(-c2ccc(Br)cc2)n[nH]1. The van der Waals surface area contributed by atoms with Gasteiger partial charge in [-0.1, -0.05) is 28.1 Å². The van der Waals surface area contributed by atoms with Crippen molar-refractivity contribution < 1.29 is 13.2 Å². The van der Waals surface area contributed by atoms with Crippen molar-refractivity contribution in [2.75, 3.05) is 12.0 Å². The highest BCUT2D eigenvalue weighted by Crippen LogP contribution is 2.21. The van der Waals surface area contributed by atoms with Gasteiger partial charge in [0, 0.05) is 21.8 Å². The van der Waals surface area contributed by atoms with E-state index >= 15 is 0 Å². The Bertz CT molecular complexity index is 827.